The van der Waals surface area contributed by atoms with Crippen molar-refractivity contribution >= 4 is 34.4 Å². The SMILES string of the molecule is C=CSN(C)c1cccc(-c2ccc(C(N)=O)c3[nH]c4c(c23)CCC(C(C)(C)O)C4)c1. The number of fused-ring (bicyclic) bond motifs is 3. The van der Waals surface area contributed by atoms with Crippen molar-refractivity contribution in [2.75, 3.05) is 11.4 Å². The van der Waals surface area contributed by atoms with Crippen molar-refractivity contribution in [3.05, 3.63) is 65.2 Å². The first kappa shape index (κ1) is 21.5. The lowest BCUT2D eigenvalue weighted by Crippen LogP contribution is -2.34. The molecule has 0 saturated heterocycles. The summed E-state index contributed by atoms with van der Waals surface area (Å²) in [6.07, 6.45) is 2.51. The first-order valence-electron chi connectivity index (χ1n) is 10.5. The number of benzene rings is 2. The van der Waals surface area contributed by atoms with Gasteiger partial charge < -0.3 is 20.1 Å². The third-order valence-corrected chi connectivity index (χ3v) is 7.03. The van der Waals surface area contributed by atoms with E-state index in [0.717, 1.165) is 52.7 Å². The number of aliphatic hydroxyl groups is 1. The van der Waals surface area contributed by atoms with Gasteiger partial charge in [-0.05, 0) is 91.3 Å². The lowest BCUT2D eigenvalue weighted by molar-refractivity contribution is 0.0107. The molecule has 1 amide bonds. The van der Waals surface area contributed by atoms with Gasteiger partial charge in [0.25, 0.3) is 5.91 Å². The van der Waals surface area contributed by atoms with Gasteiger partial charge in [0.1, 0.15) is 0 Å². The molecule has 1 heterocycles. The van der Waals surface area contributed by atoms with Gasteiger partial charge in [-0.15, -0.1) is 0 Å². The maximum absolute atomic E-state index is 12.2. The van der Waals surface area contributed by atoms with E-state index in [1.165, 1.54) is 17.5 Å². The molecule has 1 aliphatic rings. The van der Waals surface area contributed by atoms with Gasteiger partial charge in [0.15, 0.2) is 0 Å². The molecule has 0 bridgehead atoms. The molecule has 0 saturated carbocycles. The first-order valence-corrected chi connectivity index (χ1v) is 11.3. The van der Waals surface area contributed by atoms with Crippen LogP contribution < -0.4 is 10.0 Å². The van der Waals surface area contributed by atoms with Crippen LogP contribution in [0.25, 0.3) is 22.0 Å². The summed E-state index contributed by atoms with van der Waals surface area (Å²) in [7, 11) is 2.01. The number of aromatic amines is 1. The van der Waals surface area contributed by atoms with Crippen LogP contribution in [0.5, 0.6) is 0 Å². The number of anilines is 1. The molecule has 0 spiro atoms. The highest BCUT2D eigenvalue weighted by Crippen LogP contribution is 2.41. The Bertz CT molecular complexity index is 1160. The van der Waals surface area contributed by atoms with E-state index in [4.69, 9.17) is 5.73 Å². The summed E-state index contributed by atoms with van der Waals surface area (Å²) in [5, 5.41) is 13.4. The number of nitrogens with one attached hydrogen (secondary N) is 1. The quantitative estimate of drug-likeness (QED) is 0.474. The Hall–Kier alpha value is -2.70. The van der Waals surface area contributed by atoms with E-state index in [9.17, 15) is 9.90 Å². The summed E-state index contributed by atoms with van der Waals surface area (Å²) in [6, 6.07) is 12.2. The minimum Gasteiger partial charge on any atom is -0.390 e. The third kappa shape index (κ3) is 3.98. The van der Waals surface area contributed by atoms with Crippen molar-refractivity contribution in [3.8, 4) is 11.1 Å². The highest BCUT2D eigenvalue weighted by atomic mass is 32.2. The average Bonchev–Trinajstić information content (AvgIpc) is 3.11. The van der Waals surface area contributed by atoms with Gasteiger partial charge in [-0.2, -0.15) is 0 Å². The van der Waals surface area contributed by atoms with Crippen LogP contribution in [0.15, 0.2) is 48.4 Å². The largest absolute Gasteiger partial charge is 0.390 e. The Kier molecular flexibility index (Phi) is 5.62. The van der Waals surface area contributed by atoms with Gasteiger partial charge >= 0.3 is 0 Å². The number of aryl methyl sites for hydroxylation is 1. The maximum atomic E-state index is 12.2. The number of aromatic nitrogens is 1. The van der Waals surface area contributed by atoms with Crippen molar-refractivity contribution in [2.24, 2.45) is 11.7 Å². The number of H-pyrrole nitrogens is 1. The van der Waals surface area contributed by atoms with Crippen molar-refractivity contribution in [1.82, 2.24) is 4.98 Å². The maximum Gasteiger partial charge on any atom is 0.250 e. The van der Waals surface area contributed by atoms with E-state index in [1.54, 1.807) is 5.41 Å². The molecule has 5 nitrogen and oxygen atoms in total. The molecule has 1 unspecified atom stereocenters. The Labute approximate surface area is 187 Å². The smallest absolute Gasteiger partial charge is 0.250 e. The standard InChI is InChI=1S/C25H29N3O2S/c1-5-31-28(4)17-8-6-7-15(13-17)18-11-12-20(24(26)29)23-22(18)19-10-9-16(25(2,3)30)14-21(19)27-23/h5-8,11-13,16,27,30H,1,9-10,14H2,2-4H3,(H2,26,29). The zero-order valence-electron chi connectivity index (χ0n) is 18.2. The Morgan fingerprint density at radius 1 is 1.35 bits per heavy atom. The van der Waals surface area contributed by atoms with Crippen molar-refractivity contribution in [3.63, 3.8) is 0 Å². The van der Waals surface area contributed by atoms with Crippen molar-refractivity contribution < 1.29 is 9.90 Å². The van der Waals surface area contributed by atoms with Crippen molar-refractivity contribution in [1.29, 1.82) is 0 Å². The first-order chi connectivity index (χ1) is 14.7. The van der Waals surface area contributed by atoms with Gasteiger partial charge in [0.2, 0.25) is 0 Å². The number of carbonyl (C=O) groups is 1. The Morgan fingerprint density at radius 3 is 2.81 bits per heavy atom. The van der Waals surface area contributed by atoms with Crippen LogP contribution in [-0.4, -0.2) is 28.6 Å². The molecule has 0 aliphatic heterocycles. The summed E-state index contributed by atoms with van der Waals surface area (Å²) in [6.45, 7) is 7.53. The number of rotatable bonds is 6. The number of hydrogen-bond acceptors (Lipinski definition) is 4. The van der Waals surface area contributed by atoms with Crippen LogP contribution >= 0.6 is 11.9 Å². The molecule has 1 aromatic heterocycles. The molecule has 162 valence electrons. The van der Waals surface area contributed by atoms with E-state index in [1.807, 2.05) is 39.1 Å². The van der Waals surface area contributed by atoms with Gasteiger partial charge in [0.05, 0.1) is 16.7 Å². The number of nitrogens with zero attached hydrogens (tertiary/aromatic N) is 1. The fraction of sp³-hybridized carbons (Fsp3) is 0.320. The van der Waals surface area contributed by atoms with Gasteiger partial charge in [-0.25, -0.2) is 0 Å². The van der Waals surface area contributed by atoms with E-state index in [-0.39, 0.29) is 5.92 Å². The minimum absolute atomic E-state index is 0.168. The number of nitrogens with two attached hydrogens (primary N) is 1. The molecule has 1 atom stereocenters. The molecule has 6 heteroatoms. The number of hydrogen-bond donors (Lipinski definition) is 3. The molecular formula is C25H29N3O2S. The zero-order chi connectivity index (χ0) is 22.3. The fourth-order valence-corrected chi connectivity index (χ4v) is 5.09. The zero-order valence-corrected chi connectivity index (χ0v) is 19.1. The molecule has 4 N–H and O–H groups in total. The van der Waals surface area contributed by atoms with Crippen molar-refractivity contribution in [2.45, 2.75) is 38.7 Å². The number of amides is 1. The Balaban J connectivity index is 1.89. The monoisotopic (exact) mass is 435 g/mol. The Morgan fingerprint density at radius 2 is 2.13 bits per heavy atom. The predicted octanol–water partition coefficient (Wildman–Crippen LogP) is 5.04. The van der Waals surface area contributed by atoms with E-state index >= 15 is 0 Å². The predicted molar refractivity (Wildman–Crippen MR) is 130 cm³/mol. The topological polar surface area (TPSA) is 82.3 Å². The van der Waals surface area contributed by atoms with E-state index in [0.29, 0.717) is 5.56 Å². The van der Waals surface area contributed by atoms with Gasteiger partial charge in [-0.3, -0.25) is 4.79 Å². The molecule has 2 aromatic carbocycles. The molecule has 4 rings (SSSR count). The number of primary amides is 1. The molecule has 0 radical (unpaired) electrons. The molecule has 31 heavy (non-hydrogen) atoms. The number of carbonyl (C=O) groups excluding carboxylic acids is 1. The molecule has 1 aliphatic carbocycles. The second-order valence-electron chi connectivity index (χ2n) is 8.77. The van der Waals surface area contributed by atoms with Crippen LogP contribution in [0.3, 0.4) is 0 Å². The highest BCUT2D eigenvalue weighted by Gasteiger charge is 2.33. The summed E-state index contributed by atoms with van der Waals surface area (Å²) >= 11 is 1.53. The lowest BCUT2D eigenvalue weighted by atomic mass is 9.77. The van der Waals surface area contributed by atoms with Crippen LogP contribution in [0, 0.1) is 5.92 Å². The summed E-state index contributed by atoms with van der Waals surface area (Å²) in [5.41, 5.74) is 11.8. The van der Waals surface area contributed by atoms with Crippen LogP contribution in [0.4, 0.5) is 5.69 Å². The van der Waals surface area contributed by atoms with E-state index < -0.39 is 11.5 Å². The fourth-order valence-electron chi connectivity index (χ4n) is 4.63. The summed E-state index contributed by atoms with van der Waals surface area (Å²) in [5.74, 6) is -0.272. The minimum atomic E-state index is -0.744. The summed E-state index contributed by atoms with van der Waals surface area (Å²) in [4.78, 5) is 15.7. The van der Waals surface area contributed by atoms with Crippen LogP contribution in [0.1, 0.15) is 41.9 Å². The van der Waals surface area contributed by atoms with Crippen LogP contribution in [0.2, 0.25) is 0 Å². The van der Waals surface area contributed by atoms with Gasteiger partial charge in [0, 0.05) is 23.8 Å². The normalized spacial score (nSPS) is 16.2. The average molecular weight is 436 g/mol. The van der Waals surface area contributed by atoms with Gasteiger partial charge in [-0.1, -0.05) is 24.8 Å². The lowest BCUT2D eigenvalue weighted by Gasteiger charge is -2.32. The highest BCUT2D eigenvalue weighted by molar-refractivity contribution is 8.03. The second kappa shape index (κ2) is 8.09. The molecule has 0 fully saturated rings. The molecule has 3 aromatic rings. The second-order valence-corrected chi connectivity index (χ2v) is 9.86. The summed E-state index contributed by atoms with van der Waals surface area (Å²) < 4.78 is 2.06. The third-order valence-electron chi connectivity index (χ3n) is 6.36. The van der Waals surface area contributed by atoms with E-state index in [2.05, 4.69) is 34.1 Å². The van der Waals surface area contributed by atoms with Crippen LogP contribution in [-0.2, 0) is 12.8 Å². The molecular weight excluding hydrogens is 406 g/mol.